The van der Waals surface area contributed by atoms with Gasteiger partial charge in [-0.05, 0) is 32.2 Å². The molecule has 0 bridgehead atoms. The first-order valence-electron chi connectivity index (χ1n) is 7.47. The van der Waals surface area contributed by atoms with E-state index < -0.39 is 18.8 Å². The molecule has 0 aromatic carbocycles. The van der Waals surface area contributed by atoms with Gasteiger partial charge in [0, 0.05) is 21.1 Å². The van der Waals surface area contributed by atoms with Crippen LogP contribution in [-0.2, 0) is 23.1 Å². The zero-order chi connectivity index (χ0) is 15.9. The summed E-state index contributed by atoms with van der Waals surface area (Å²) >= 11 is 0. The molecule has 1 N–H and O–H groups in total. The van der Waals surface area contributed by atoms with Gasteiger partial charge < -0.3 is 13.8 Å². The van der Waals surface area contributed by atoms with Gasteiger partial charge in [0.1, 0.15) is 6.61 Å². The summed E-state index contributed by atoms with van der Waals surface area (Å²) < 4.78 is 28.0. The maximum atomic E-state index is 12.8. The van der Waals surface area contributed by atoms with Crippen LogP contribution >= 0.6 is 7.60 Å². The molecule has 1 rings (SSSR count). The summed E-state index contributed by atoms with van der Waals surface area (Å²) in [6.07, 6.45) is 6.09. The molecule has 0 aromatic heterocycles. The zero-order valence-corrected chi connectivity index (χ0v) is 14.4. The minimum atomic E-state index is -3.42. The van der Waals surface area contributed by atoms with Crippen LogP contribution in [0.3, 0.4) is 0 Å². The lowest BCUT2D eigenvalue weighted by molar-refractivity contribution is -0.142. The number of hydrogen-bond donors (Lipinski definition) is 1. The monoisotopic (exact) mass is 321 g/mol. The maximum Gasteiger partial charge on any atom is 0.353 e. The van der Waals surface area contributed by atoms with Crippen LogP contribution in [0.2, 0.25) is 0 Å². The second-order valence-electron chi connectivity index (χ2n) is 5.80. The zero-order valence-electron chi connectivity index (χ0n) is 13.5. The number of esters is 1. The van der Waals surface area contributed by atoms with E-state index in [4.69, 9.17) is 13.8 Å². The highest BCUT2D eigenvalue weighted by Gasteiger charge is 2.47. The summed E-state index contributed by atoms with van der Waals surface area (Å²) in [5.74, 6) is 0.136. The molecule has 1 atom stereocenters. The number of carbonyl (C=O) groups excluding carboxylic acids is 1. The molecule has 1 unspecified atom stereocenters. The van der Waals surface area contributed by atoms with Gasteiger partial charge in [0.05, 0.1) is 0 Å². The molecule has 6 nitrogen and oxygen atoms in total. The summed E-state index contributed by atoms with van der Waals surface area (Å²) in [5.41, 5.74) is 0. The van der Waals surface area contributed by atoms with Crippen molar-refractivity contribution in [2.75, 3.05) is 27.4 Å². The second kappa shape index (κ2) is 8.28. The number of hydrogen-bond acceptors (Lipinski definition) is 6. The molecular formula is C14H28NO5P. The fourth-order valence-corrected chi connectivity index (χ4v) is 4.16. The molecule has 21 heavy (non-hydrogen) atoms. The quantitative estimate of drug-likeness (QED) is 0.547. The Morgan fingerprint density at radius 1 is 1.24 bits per heavy atom. The van der Waals surface area contributed by atoms with E-state index in [2.05, 4.69) is 5.32 Å². The first-order valence-corrected chi connectivity index (χ1v) is 9.01. The largest absolute Gasteiger partial charge is 0.463 e. The van der Waals surface area contributed by atoms with Gasteiger partial charge in [-0.1, -0.05) is 19.3 Å². The van der Waals surface area contributed by atoms with Gasteiger partial charge in [-0.25, -0.2) is 0 Å². The Balaban J connectivity index is 2.74. The molecule has 0 radical (unpaired) electrons. The van der Waals surface area contributed by atoms with Gasteiger partial charge in [-0.15, -0.1) is 0 Å². The van der Waals surface area contributed by atoms with Crippen LogP contribution in [-0.4, -0.2) is 38.6 Å². The highest BCUT2D eigenvalue weighted by molar-refractivity contribution is 7.55. The molecule has 1 aliphatic rings. The van der Waals surface area contributed by atoms with E-state index in [0.717, 1.165) is 0 Å². The van der Waals surface area contributed by atoms with Gasteiger partial charge in [-0.2, -0.15) is 0 Å². The van der Waals surface area contributed by atoms with Crippen LogP contribution < -0.4 is 5.32 Å². The smallest absolute Gasteiger partial charge is 0.353 e. The average molecular weight is 321 g/mol. The Labute approximate surface area is 127 Å². The molecular weight excluding hydrogens is 293 g/mol. The molecule has 0 spiro atoms. The van der Waals surface area contributed by atoms with Crippen LogP contribution in [0.15, 0.2) is 0 Å². The summed E-state index contributed by atoms with van der Waals surface area (Å²) in [7, 11) is -0.724. The van der Waals surface area contributed by atoms with Crippen LogP contribution in [0.1, 0.15) is 46.0 Å². The lowest BCUT2D eigenvalue weighted by atomic mass is 9.89. The van der Waals surface area contributed by atoms with Crippen molar-refractivity contribution < 1.29 is 23.1 Å². The Bertz CT molecular complexity index is 376. The Morgan fingerprint density at radius 3 is 2.29 bits per heavy atom. The Morgan fingerprint density at radius 2 is 1.81 bits per heavy atom. The van der Waals surface area contributed by atoms with Crippen molar-refractivity contribution in [3.05, 3.63) is 0 Å². The lowest BCUT2D eigenvalue weighted by Gasteiger charge is -2.36. The summed E-state index contributed by atoms with van der Waals surface area (Å²) in [4.78, 5) is 11.1. The fourth-order valence-electron chi connectivity index (χ4n) is 2.70. The first-order chi connectivity index (χ1) is 9.87. The SMILES string of the molecule is COP(=O)(OC)C(C)(COC(C)=O)NCC1CCCCC1. The van der Waals surface area contributed by atoms with Crippen molar-refractivity contribution in [1.29, 1.82) is 0 Å². The number of ether oxygens (including phenoxy) is 1. The maximum absolute atomic E-state index is 12.8. The minimum Gasteiger partial charge on any atom is -0.463 e. The lowest BCUT2D eigenvalue weighted by Crippen LogP contribution is -2.49. The molecule has 1 fully saturated rings. The van der Waals surface area contributed by atoms with E-state index in [-0.39, 0.29) is 6.61 Å². The molecule has 7 heteroatoms. The summed E-state index contributed by atoms with van der Waals surface area (Å²) in [6.45, 7) is 3.71. The van der Waals surface area contributed by atoms with E-state index in [1.165, 1.54) is 53.2 Å². The van der Waals surface area contributed by atoms with Crippen molar-refractivity contribution in [1.82, 2.24) is 5.32 Å². The van der Waals surface area contributed by atoms with Gasteiger partial charge in [0.25, 0.3) is 0 Å². The number of rotatable bonds is 8. The topological polar surface area (TPSA) is 73.9 Å². The molecule has 124 valence electrons. The molecule has 1 aliphatic carbocycles. The molecule has 0 aromatic rings. The third-order valence-electron chi connectivity index (χ3n) is 4.14. The highest BCUT2D eigenvalue weighted by Crippen LogP contribution is 2.57. The van der Waals surface area contributed by atoms with Crippen molar-refractivity contribution in [2.45, 2.75) is 51.2 Å². The van der Waals surface area contributed by atoms with E-state index in [1.807, 2.05) is 0 Å². The third kappa shape index (κ3) is 5.06. The molecule has 0 amide bonds. The van der Waals surface area contributed by atoms with Gasteiger partial charge >= 0.3 is 13.6 Å². The van der Waals surface area contributed by atoms with Crippen LogP contribution in [0, 0.1) is 5.92 Å². The molecule has 0 heterocycles. The van der Waals surface area contributed by atoms with Crippen molar-refractivity contribution >= 4 is 13.6 Å². The van der Waals surface area contributed by atoms with Crippen LogP contribution in [0.25, 0.3) is 0 Å². The predicted molar refractivity (Wildman–Crippen MR) is 81.2 cm³/mol. The third-order valence-corrected chi connectivity index (χ3v) is 6.60. The second-order valence-corrected chi connectivity index (χ2v) is 8.51. The van der Waals surface area contributed by atoms with Gasteiger partial charge in [-0.3, -0.25) is 14.7 Å². The Hall–Kier alpha value is -0.420. The standard InChI is InChI=1S/C14H28NO5P/c1-12(16)20-11-14(2,21(17,18-3)19-4)15-10-13-8-6-5-7-9-13/h13,15H,5-11H2,1-4H3. The normalized spacial score (nSPS) is 20.0. The van der Waals surface area contributed by atoms with Crippen LogP contribution in [0.5, 0.6) is 0 Å². The molecule has 0 saturated heterocycles. The van der Waals surface area contributed by atoms with E-state index in [1.54, 1.807) is 6.92 Å². The van der Waals surface area contributed by atoms with E-state index in [0.29, 0.717) is 12.5 Å². The predicted octanol–water partition coefficient (Wildman–Crippen LogP) is 2.92. The fraction of sp³-hybridized carbons (Fsp3) is 0.929. The molecule has 0 aliphatic heterocycles. The van der Waals surface area contributed by atoms with Gasteiger partial charge in [0.2, 0.25) is 0 Å². The van der Waals surface area contributed by atoms with E-state index in [9.17, 15) is 9.36 Å². The van der Waals surface area contributed by atoms with E-state index >= 15 is 0 Å². The van der Waals surface area contributed by atoms with Crippen LogP contribution in [0.4, 0.5) is 0 Å². The number of carbonyl (C=O) groups is 1. The Kier molecular flexibility index (Phi) is 7.34. The highest BCUT2D eigenvalue weighted by atomic mass is 31.2. The molecule has 1 saturated carbocycles. The summed E-state index contributed by atoms with van der Waals surface area (Å²) in [5, 5.41) is 2.23. The van der Waals surface area contributed by atoms with Crippen molar-refractivity contribution in [2.24, 2.45) is 5.92 Å². The van der Waals surface area contributed by atoms with Crippen molar-refractivity contribution in [3.63, 3.8) is 0 Å². The number of nitrogens with one attached hydrogen (secondary N) is 1. The first kappa shape index (κ1) is 18.6. The average Bonchev–Trinajstić information content (AvgIpc) is 2.51. The van der Waals surface area contributed by atoms with Crippen molar-refractivity contribution in [3.8, 4) is 0 Å². The minimum absolute atomic E-state index is 0.0476. The summed E-state index contributed by atoms with van der Waals surface area (Å²) in [6, 6.07) is 0. The van der Waals surface area contributed by atoms with Gasteiger partial charge in [0.15, 0.2) is 5.28 Å².